The lowest BCUT2D eigenvalue weighted by molar-refractivity contribution is -0.131. The van der Waals surface area contributed by atoms with E-state index in [0.717, 1.165) is 55.5 Å². The molecule has 9 nitrogen and oxygen atoms in total. The maximum absolute atomic E-state index is 12.9. The smallest absolute Gasteiger partial charge is 0.276 e. The van der Waals surface area contributed by atoms with E-state index >= 15 is 0 Å². The second kappa shape index (κ2) is 6.57. The zero-order chi connectivity index (χ0) is 19.3. The standard InChI is InChI=1S/C19H22N6O3/c1-11-14(23-28-22-11)10-18(26)24-8-4-7-16(24)15-9-17-20-13-6-3-2-5-12(13)19(27)25(17)21-15/h9,16,21H,2-8,10H2,1H3. The van der Waals surface area contributed by atoms with Gasteiger partial charge in [-0.2, -0.15) is 0 Å². The van der Waals surface area contributed by atoms with Gasteiger partial charge in [0.25, 0.3) is 5.56 Å². The molecule has 4 heterocycles. The number of nitrogens with zero attached hydrogens (tertiary/aromatic N) is 5. The number of hydrogen-bond donors (Lipinski definition) is 1. The summed E-state index contributed by atoms with van der Waals surface area (Å²) >= 11 is 0. The van der Waals surface area contributed by atoms with E-state index in [-0.39, 0.29) is 23.9 Å². The first-order chi connectivity index (χ1) is 13.6. The number of carbonyl (C=O) groups is 1. The highest BCUT2D eigenvalue weighted by atomic mass is 16.6. The number of hydrogen-bond acceptors (Lipinski definition) is 6. The largest absolute Gasteiger partial charge is 0.334 e. The molecule has 1 fully saturated rings. The lowest BCUT2D eigenvalue weighted by atomic mass is 9.97. The van der Waals surface area contributed by atoms with Gasteiger partial charge in [-0.3, -0.25) is 14.7 Å². The first-order valence-electron chi connectivity index (χ1n) is 9.83. The van der Waals surface area contributed by atoms with Gasteiger partial charge in [-0.05, 0) is 45.4 Å². The van der Waals surface area contributed by atoms with Crippen LogP contribution in [-0.2, 0) is 24.1 Å². The predicted octanol–water partition coefficient (Wildman–Crippen LogP) is 1.50. The highest BCUT2D eigenvalue weighted by Gasteiger charge is 2.32. The van der Waals surface area contributed by atoms with Crippen LogP contribution in [0, 0.1) is 6.92 Å². The minimum atomic E-state index is -0.0919. The van der Waals surface area contributed by atoms with Gasteiger partial charge in [0, 0.05) is 18.2 Å². The number of rotatable bonds is 3. The molecule has 146 valence electrons. The zero-order valence-corrected chi connectivity index (χ0v) is 15.8. The summed E-state index contributed by atoms with van der Waals surface area (Å²) in [5.74, 6) is -0.0143. The highest BCUT2D eigenvalue weighted by molar-refractivity contribution is 5.79. The van der Waals surface area contributed by atoms with Crippen molar-refractivity contribution in [3.63, 3.8) is 0 Å². The summed E-state index contributed by atoms with van der Waals surface area (Å²) in [6, 6.07) is 1.82. The van der Waals surface area contributed by atoms with Crippen LogP contribution in [0.3, 0.4) is 0 Å². The van der Waals surface area contributed by atoms with Gasteiger partial charge in [-0.1, -0.05) is 10.3 Å². The topological polar surface area (TPSA) is 109 Å². The predicted molar refractivity (Wildman–Crippen MR) is 98.9 cm³/mol. The van der Waals surface area contributed by atoms with Crippen LogP contribution < -0.4 is 5.56 Å². The van der Waals surface area contributed by atoms with Crippen LogP contribution in [0.25, 0.3) is 5.65 Å². The van der Waals surface area contributed by atoms with E-state index in [9.17, 15) is 9.59 Å². The van der Waals surface area contributed by atoms with Crippen LogP contribution >= 0.6 is 0 Å². The van der Waals surface area contributed by atoms with E-state index < -0.39 is 0 Å². The molecule has 1 aliphatic heterocycles. The summed E-state index contributed by atoms with van der Waals surface area (Å²) in [7, 11) is 0. The Balaban J connectivity index is 1.47. The lowest BCUT2D eigenvalue weighted by Crippen LogP contribution is -2.32. The van der Waals surface area contributed by atoms with E-state index in [2.05, 4.69) is 15.4 Å². The Morgan fingerprint density at radius 2 is 2.14 bits per heavy atom. The summed E-state index contributed by atoms with van der Waals surface area (Å²) in [5, 5.41) is 10.8. The van der Waals surface area contributed by atoms with Gasteiger partial charge in [0.05, 0.1) is 23.9 Å². The Morgan fingerprint density at radius 1 is 1.29 bits per heavy atom. The molecule has 9 heteroatoms. The van der Waals surface area contributed by atoms with Crippen LogP contribution in [0.5, 0.6) is 0 Å². The van der Waals surface area contributed by atoms with Gasteiger partial charge in [0.1, 0.15) is 11.4 Å². The third kappa shape index (κ3) is 2.73. The number of aryl methyl sites for hydroxylation is 2. The third-order valence-corrected chi connectivity index (χ3v) is 5.90. The van der Waals surface area contributed by atoms with E-state index in [1.54, 1.807) is 6.92 Å². The van der Waals surface area contributed by atoms with Crippen molar-refractivity contribution in [3.8, 4) is 0 Å². The minimum absolute atomic E-state index is 0.00822. The number of likely N-dealkylation sites (tertiary alicyclic amines) is 1. The van der Waals surface area contributed by atoms with Crippen LogP contribution in [0.2, 0.25) is 0 Å². The van der Waals surface area contributed by atoms with Gasteiger partial charge in [-0.15, -0.1) is 0 Å². The van der Waals surface area contributed by atoms with Gasteiger partial charge in [0.15, 0.2) is 5.65 Å². The maximum atomic E-state index is 12.9. The number of carbonyl (C=O) groups excluding carboxylic acids is 1. The number of H-pyrrole nitrogens is 1. The second-order valence-electron chi connectivity index (χ2n) is 7.67. The quantitative estimate of drug-likeness (QED) is 0.735. The molecule has 0 aromatic carbocycles. The molecule has 0 spiro atoms. The van der Waals surface area contributed by atoms with E-state index in [1.807, 2.05) is 11.0 Å². The molecule has 5 rings (SSSR count). The molecular weight excluding hydrogens is 360 g/mol. The molecule has 1 N–H and O–H groups in total. The summed E-state index contributed by atoms with van der Waals surface area (Å²) in [4.78, 5) is 32.3. The monoisotopic (exact) mass is 382 g/mol. The zero-order valence-electron chi connectivity index (χ0n) is 15.8. The van der Waals surface area contributed by atoms with Crippen LogP contribution in [0.1, 0.15) is 60.1 Å². The fraction of sp³-hybridized carbons (Fsp3) is 0.526. The average molecular weight is 382 g/mol. The number of fused-ring (bicyclic) bond motifs is 2. The van der Waals surface area contributed by atoms with Gasteiger partial charge >= 0.3 is 0 Å². The van der Waals surface area contributed by atoms with Crippen molar-refractivity contribution in [1.82, 2.24) is 29.8 Å². The number of nitrogens with one attached hydrogen (secondary N) is 1. The summed E-state index contributed by atoms with van der Waals surface area (Å²) in [6.07, 6.45) is 5.69. The molecule has 1 unspecified atom stereocenters. The maximum Gasteiger partial charge on any atom is 0.276 e. The number of aromatic amines is 1. The normalized spacial score (nSPS) is 19.3. The molecule has 1 aliphatic carbocycles. The molecule has 28 heavy (non-hydrogen) atoms. The summed E-state index contributed by atoms with van der Waals surface area (Å²) < 4.78 is 6.23. The first kappa shape index (κ1) is 17.2. The van der Waals surface area contributed by atoms with Crippen LogP contribution in [-0.4, -0.2) is 42.3 Å². The van der Waals surface area contributed by atoms with E-state index in [4.69, 9.17) is 9.61 Å². The molecule has 1 amide bonds. The fourth-order valence-corrected chi connectivity index (χ4v) is 4.39. The van der Waals surface area contributed by atoms with Gasteiger partial charge < -0.3 is 4.90 Å². The molecule has 0 radical (unpaired) electrons. The summed E-state index contributed by atoms with van der Waals surface area (Å²) in [5.41, 5.74) is 4.44. The van der Waals surface area contributed by atoms with Crippen LogP contribution in [0.15, 0.2) is 15.5 Å². The Kier molecular flexibility index (Phi) is 4.03. The van der Waals surface area contributed by atoms with Gasteiger partial charge in [-0.25, -0.2) is 14.1 Å². The van der Waals surface area contributed by atoms with Crippen molar-refractivity contribution in [2.24, 2.45) is 0 Å². The van der Waals surface area contributed by atoms with E-state index in [0.29, 0.717) is 23.6 Å². The van der Waals surface area contributed by atoms with Crippen molar-refractivity contribution in [3.05, 3.63) is 44.8 Å². The number of aromatic nitrogens is 5. The van der Waals surface area contributed by atoms with Crippen molar-refractivity contribution < 1.29 is 9.42 Å². The first-order valence-corrected chi connectivity index (χ1v) is 9.83. The highest BCUT2D eigenvalue weighted by Crippen LogP contribution is 2.32. The molecule has 3 aromatic rings. The van der Waals surface area contributed by atoms with Crippen molar-refractivity contribution in [2.45, 2.75) is 57.9 Å². The Bertz CT molecular complexity index is 1110. The molecule has 0 bridgehead atoms. The average Bonchev–Trinajstić information content (AvgIpc) is 3.42. The Morgan fingerprint density at radius 3 is 2.96 bits per heavy atom. The number of amides is 1. The van der Waals surface area contributed by atoms with Crippen LogP contribution in [0.4, 0.5) is 0 Å². The molecule has 1 atom stereocenters. The van der Waals surface area contributed by atoms with Crippen molar-refractivity contribution >= 4 is 11.6 Å². The lowest BCUT2D eigenvalue weighted by Gasteiger charge is -2.23. The molecular formula is C19H22N6O3. The Hall–Kier alpha value is -2.97. The summed E-state index contributed by atoms with van der Waals surface area (Å²) in [6.45, 7) is 2.46. The molecule has 3 aromatic heterocycles. The minimum Gasteiger partial charge on any atom is -0.334 e. The van der Waals surface area contributed by atoms with Gasteiger partial charge in [0.2, 0.25) is 5.91 Å². The van der Waals surface area contributed by atoms with Crippen molar-refractivity contribution in [2.75, 3.05) is 6.54 Å². The molecule has 1 saturated heterocycles. The van der Waals surface area contributed by atoms with E-state index in [1.165, 1.54) is 4.52 Å². The molecule has 0 saturated carbocycles. The third-order valence-electron chi connectivity index (χ3n) is 5.90. The Labute approximate surface area is 160 Å². The fourth-order valence-electron chi connectivity index (χ4n) is 4.39. The SMILES string of the molecule is Cc1nonc1CC(=O)N1CCCC1c1cc2nc3c(c(=O)n2[nH]1)CCCC3. The molecule has 2 aliphatic rings. The van der Waals surface area contributed by atoms with Crippen molar-refractivity contribution in [1.29, 1.82) is 0 Å². The second-order valence-corrected chi connectivity index (χ2v) is 7.67.